The van der Waals surface area contributed by atoms with Crippen LogP contribution in [0.4, 0.5) is 0 Å². The van der Waals surface area contributed by atoms with Crippen molar-refractivity contribution in [2.24, 2.45) is 0 Å². The molecule has 0 aliphatic rings. The van der Waals surface area contributed by atoms with Gasteiger partial charge < -0.3 is 4.57 Å². The lowest BCUT2D eigenvalue weighted by molar-refractivity contribution is 0.817. The molecule has 2 aromatic rings. The molecule has 0 atom stereocenters. The molecular formula is C14H18N2. The van der Waals surface area contributed by atoms with Gasteiger partial charge in [0.05, 0.1) is 11.9 Å². The molecule has 0 aliphatic heterocycles. The summed E-state index contributed by atoms with van der Waals surface area (Å²) in [5.41, 5.74) is 4.78. The van der Waals surface area contributed by atoms with Crippen LogP contribution in [0.25, 0.3) is 5.69 Å². The van der Waals surface area contributed by atoms with Crippen LogP contribution in [0.3, 0.4) is 0 Å². The van der Waals surface area contributed by atoms with Crippen molar-refractivity contribution in [1.29, 1.82) is 0 Å². The highest BCUT2D eigenvalue weighted by Gasteiger charge is 2.05. The van der Waals surface area contributed by atoms with Crippen molar-refractivity contribution in [3.05, 3.63) is 47.5 Å². The fourth-order valence-electron chi connectivity index (χ4n) is 1.95. The Morgan fingerprint density at radius 1 is 1.00 bits per heavy atom. The summed E-state index contributed by atoms with van der Waals surface area (Å²) in [7, 11) is 0. The topological polar surface area (TPSA) is 17.8 Å². The number of aromatic nitrogens is 2. The van der Waals surface area contributed by atoms with Gasteiger partial charge in [-0.05, 0) is 44.0 Å². The molecule has 0 spiro atoms. The van der Waals surface area contributed by atoms with Crippen LogP contribution in [0.1, 0.15) is 36.8 Å². The van der Waals surface area contributed by atoms with Crippen molar-refractivity contribution >= 4 is 0 Å². The fraction of sp³-hybridized carbons (Fsp3) is 0.357. The van der Waals surface area contributed by atoms with E-state index in [0.29, 0.717) is 5.92 Å². The number of hydrogen-bond acceptors (Lipinski definition) is 1. The molecule has 0 N–H and O–H groups in total. The number of rotatable bonds is 2. The standard InChI is InChI=1S/C14H18N2/c1-10(2)14-8-7-13(9-15-14)16-11(3)5-6-12(16)4/h5-10H,1-4H3. The maximum absolute atomic E-state index is 4.50. The zero-order valence-electron chi connectivity index (χ0n) is 10.4. The van der Waals surface area contributed by atoms with Gasteiger partial charge in [-0.1, -0.05) is 13.8 Å². The van der Waals surface area contributed by atoms with Crippen LogP contribution in [0.15, 0.2) is 30.5 Å². The molecule has 0 saturated carbocycles. The van der Waals surface area contributed by atoms with Crippen LogP contribution in [0, 0.1) is 13.8 Å². The van der Waals surface area contributed by atoms with Gasteiger partial charge in [0.25, 0.3) is 0 Å². The lowest BCUT2D eigenvalue weighted by Gasteiger charge is -2.10. The van der Waals surface area contributed by atoms with Gasteiger partial charge in [-0.3, -0.25) is 4.98 Å². The zero-order valence-corrected chi connectivity index (χ0v) is 10.4. The van der Waals surface area contributed by atoms with E-state index in [0.717, 1.165) is 11.4 Å². The summed E-state index contributed by atoms with van der Waals surface area (Å²) in [6, 6.07) is 8.51. The van der Waals surface area contributed by atoms with E-state index >= 15 is 0 Å². The van der Waals surface area contributed by atoms with Crippen LogP contribution in [-0.2, 0) is 0 Å². The normalized spacial score (nSPS) is 11.1. The van der Waals surface area contributed by atoms with Crippen LogP contribution >= 0.6 is 0 Å². The molecule has 0 aromatic carbocycles. The molecule has 0 radical (unpaired) electrons. The Labute approximate surface area is 97.0 Å². The molecule has 0 fully saturated rings. The van der Waals surface area contributed by atoms with E-state index in [2.05, 4.69) is 61.5 Å². The second kappa shape index (κ2) is 4.12. The van der Waals surface area contributed by atoms with Crippen molar-refractivity contribution in [3.8, 4) is 5.69 Å². The summed E-state index contributed by atoms with van der Waals surface area (Å²) in [6.45, 7) is 8.55. The van der Waals surface area contributed by atoms with Gasteiger partial charge in [-0.15, -0.1) is 0 Å². The molecule has 2 heterocycles. The minimum absolute atomic E-state index is 0.487. The maximum atomic E-state index is 4.50. The molecule has 0 unspecified atom stereocenters. The minimum atomic E-state index is 0.487. The van der Waals surface area contributed by atoms with Gasteiger partial charge in [0.1, 0.15) is 0 Å². The van der Waals surface area contributed by atoms with Gasteiger partial charge in [-0.2, -0.15) is 0 Å². The predicted molar refractivity (Wildman–Crippen MR) is 67.1 cm³/mol. The highest BCUT2D eigenvalue weighted by Crippen LogP contribution is 2.17. The van der Waals surface area contributed by atoms with E-state index in [4.69, 9.17) is 0 Å². The molecule has 2 aromatic heterocycles. The average molecular weight is 214 g/mol. The third kappa shape index (κ3) is 1.87. The van der Waals surface area contributed by atoms with Crippen molar-refractivity contribution in [1.82, 2.24) is 9.55 Å². The van der Waals surface area contributed by atoms with E-state index in [1.54, 1.807) is 0 Å². The quantitative estimate of drug-likeness (QED) is 0.746. The van der Waals surface area contributed by atoms with E-state index in [1.165, 1.54) is 11.4 Å². The molecular weight excluding hydrogens is 196 g/mol. The van der Waals surface area contributed by atoms with E-state index < -0.39 is 0 Å². The van der Waals surface area contributed by atoms with E-state index in [1.807, 2.05) is 6.20 Å². The third-order valence-corrected chi connectivity index (χ3v) is 2.89. The van der Waals surface area contributed by atoms with E-state index in [-0.39, 0.29) is 0 Å². The Hall–Kier alpha value is -1.57. The Balaban J connectivity index is 2.42. The van der Waals surface area contributed by atoms with Crippen molar-refractivity contribution < 1.29 is 0 Å². The molecule has 2 heteroatoms. The summed E-state index contributed by atoms with van der Waals surface area (Å²) < 4.78 is 2.22. The SMILES string of the molecule is Cc1ccc(C)n1-c1ccc(C(C)C)nc1. The van der Waals surface area contributed by atoms with Crippen LogP contribution < -0.4 is 0 Å². The highest BCUT2D eigenvalue weighted by molar-refractivity contribution is 5.36. The Kier molecular flexibility index (Phi) is 2.82. The smallest absolute Gasteiger partial charge is 0.0638 e. The number of hydrogen-bond donors (Lipinski definition) is 0. The Morgan fingerprint density at radius 2 is 1.62 bits per heavy atom. The van der Waals surface area contributed by atoms with Gasteiger partial charge in [0.15, 0.2) is 0 Å². The third-order valence-electron chi connectivity index (χ3n) is 2.89. The maximum Gasteiger partial charge on any atom is 0.0638 e. The first kappa shape index (κ1) is 10.9. The van der Waals surface area contributed by atoms with Crippen molar-refractivity contribution in [3.63, 3.8) is 0 Å². The molecule has 2 nitrogen and oxygen atoms in total. The fourth-order valence-corrected chi connectivity index (χ4v) is 1.95. The van der Waals surface area contributed by atoms with Gasteiger partial charge in [0.2, 0.25) is 0 Å². The van der Waals surface area contributed by atoms with E-state index in [9.17, 15) is 0 Å². The lowest BCUT2D eigenvalue weighted by Crippen LogP contribution is -2.00. The Bertz CT molecular complexity index is 458. The number of pyridine rings is 1. The van der Waals surface area contributed by atoms with Crippen LogP contribution in [0.2, 0.25) is 0 Å². The predicted octanol–water partition coefficient (Wildman–Crippen LogP) is 3.61. The van der Waals surface area contributed by atoms with Gasteiger partial charge >= 0.3 is 0 Å². The number of aryl methyl sites for hydroxylation is 2. The van der Waals surface area contributed by atoms with Crippen molar-refractivity contribution in [2.45, 2.75) is 33.6 Å². The number of nitrogens with zero attached hydrogens (tertiary/aromatic N) is 2. The summed E-state index contributed by atoms with van der Waals surface area (Å²) in [5, 5.41) is 0. The van der Waals surface area contributed by atoms with Crippen LogP contribution in [0.5, 0.6) is 0 Å². The highest BCUT2D eigenvalue weighted by atomic mass is 15.0. The summed E-state index contributed by atoms with van der Waals surface area (Å²) >= 11 is 0. The summed E-state index contributed by atoms with van der Waals surface area (Å²) in [4.78, 5) is 4.50. The molecule has 84 valence electrons. The van der Waals surface area contributed by atoms with Gasteiger partial charge in [-0.25, -0.2) is 0 Å². The molecule has 16 heavy (non-hydrogen) atoms. The first-order chi connectivity index (χ1) is 7.59. The zero-order chi connectivity index (χ0) is 11.7. The molecule has 2 rings (SSSR count). The summed E-state index contributed by atoms with van der Waals surface area (Å²) in [5.74, 6) is 0.487. The first-order valence-corrected chi connectivity index (χ1v) is 5.71. The van der Waals surface area contributed by atoms with Crippen molar-refractivity contribution in [2.75, 3.05) is 0 Å². The molecule has 0 amide bonds. The minimum Gasteiger partial charge on any atom is -0.317 e. The lowest BCUT2D eigenvalue weighted by atomic mass is 10.1. The average Bonchev–Trinajstić information content (AvgIpc) is 2.59. The second-order valence-electron chi connectivity index (χ2n) is 4.55. The molecule has 0 aliphatic carbocycles. The summed E-state index contributed by atoms with van der Waals surface area (Å²) in [6.07, 6.45) is 1.95. The van der Waals surface area contributed by atoms with Crippen LogP contribution in [-0.4, -0.2) is 9.55 Å². The van der Waals surface area contributed by atoms with Gasteiger partial charge in [0, 0.05) is 17.1 Å². The second-order valence-corrected chi connectivity index (χ2v) is 4.55. The monoisotopic (exact) mass is 214 g/mol. The first-order valence-electron chi connectivity index (χ1n) is 5.71. The molecule has 0 saturated heterocycles. The Morgan fingerprint density at radius 3 is 2.06 bits per heavy atom. The largest absolute Gasteiger partial charge is 0.317 e. The molecule has 0 bridgehead atoms.